The van der Waals surface area contributed by atoms with Crippen LogP contribution in [0, 0.1) is 11.8 Å². The first-order valence-electron chi connectivity index (χ1n) is 11.3. The molecular weight excluding hydrogens is 400 g/mol. The quantitative estimate of drug-likeness (QED) is 0.671. The minimum Gasteiger partial charge on any atom is -0.383 e. The van der Waals surface area contributed by atoms with Crippen molar-refractivity contribution in [1.82, 2.24) is 10.3 Å². The van der Waals surface area contributed by atoms with Crippen molar-refractivity contribution < 1.29 is 9.53 Å². The van der Waals surface area contributed by atoms with Crippen LogP contribution in [0.15, 0.2) is 54.7 Å². The van der Waals surface area contributed by atoms with E-state index in [4.69, 9.17) is 10.5 Å². The monoisotopic (exact) mass is 426 g/mol. The second-order valence-corrected chi connectivity index (χ2v) is 9.04. The van der Waals surface area contributed by atoms with E-state index in [-0.39, 0.29) is 5.91 Å². The molecule has 3 aromatic rings. The Morgan fingerprint density at radius 2 is 1.69 bits per heavy atom. The standard InChI is InChI=1S/C26H26N4O2/c27-25-24(17-3-6-23-18(9-17)7-8-28-26(23)31)10-19(11-29-25)16-1-4-22(5-2-16)30-12-20-14-32-15-21(20)13-30/h1-6,9-11,20-21H,7-8,12-15H2,(H2,27,29)(H,28,31)/t20-,21+. The molecule has 0 aliphatic carbocycles. The highest BCUT2D eigenvalue weighted by Crippen LogP contribution is 2.35. The minimum absolute atomic E-state index is 0.00750. The Morgan fingerprint density at radius 3 is 2.47 bits per heavy atom. The smallest absolute Gasteiger partial charge is 0.251 e. The number of ether oxygens (including phenoxy) is 1. The first-order chi connectivity index (χ1) is 15.7. The number of hydrogen-bond donors (Lipinski definition) is 2. The molecule has 0 bridgehead atoms. The third kappa shape index (κ3) is 3.31. The van der Waals surface area contributed by atoms with Crippen LogP contribution in [0.1, 0.15) is 15.9 Å². The molecule has 2 atom stereocenters. The number of benzene rings is 2. The molecule has 6 rings (SSSR count). The van der Waals surface area contributed by atoms with Crippen LogP contribution in [0.5, 0.6) is 0 Å². The fourth-order valence-corrected chi connectivity index (χ4v) is 5.22. The first-order valence-corrected chi connectivity index (χ1v) is 11.3. The van der Waals surface area contributed by atoms with Crippen LogP contribution >= 0.6 is 0 Å². The third-order valence-corrected chi connectivity index (χ3v) is 7.07. The average molecular weight is 427 g/mol. The number of carbonyl (C=O) groups excluding carboxylic acids is 1. The lowest BCUT2D eigenvalue weighted by molar-refractivity contribution is 0.0946. The molecule has 0 radical (unpaired) electrons. The molecule has 2 aromatic carbocycles. The van der Waals surface area contributed by atoms with Crippen LogP contribution in [0.3, 0.4) is 0 Å². The molecular formula is C26H26N4O2. The van der Waals surface area contributed by atoms with Gasteiger partial charge in [-0.3, -0.25) is 4.79 Å². The van der Waals surface area contributed by atoms with Gasteiger partial charge in [-0.1, -0.05) is 24.3 Å². The Labute approximate surface area is 187 Å². The summed E-state index contributed by atoms with van der Waals surface area (Å²) in [5.74, 6) is 1.82. The van der Waals surface area contributed by atoms with E-state index in [9.17, 15) is 4.79 Å². The fourth-order valence-electron chi connectivity index (χ4n) is 5.22. The Kier molecular flexibility index (Phi) is 4.61. The number of nitrogens with zero attached hydrogens (tertiary/aromatic N) is 2. The van der Waals surface area contributed by atoms with Crippen molar-refractivity contribution in [2.75, 3.05) is 43.5 Å². The van der Waals surface area contributed by atoms with Gasteiger partial charge in [0.2, 0.25) is 0 Å². The van der Waals surface area contributed by atoms with Crippen molar-refractivity contribution in [3.63, 3.8) is 0 Å². The van der Waals surface area contributed by atoms with E-state index in [0.717, 1.165) is 66.1 Å². The summed E-state index contributed by atoms with van der Waals surface area (Å²) in [6, 6.07) is 16.7. The largest absolute Gasteiger partial charge is 0.383 e. The summed E-state index contributed by atoms with van der Waals surface area (Å²) in [6.07, 6.45) is 2.66. The summed E-state index contributed by atoms with van der Waals surface area (Å²) < 4.78 is 5.60. The fraction of sp³-hybridized carbons (Fsp3) is 0.308. The summed E-state index contributed by atoms with van der Waals surface area (Å²) >= 11 is 0. The van der Waals surface area contributed by atoms with Crippen molar-refractivity contribution in [3.05, 3.63) is 65.9 Å². The average Bonchev–Trinajstić information content (AvgIpc) is 3.42. The van der Waals surface area contributed by atoms with Gasteiger partial charge in [0, 0.05) is 60.0 Å². The molecule has 3 aliphatic rings. The second kappa shape index (κ2) is 7.64. The number of amides is 1. The Balaban J connectivity index is 1.28. The van der Waals surface area contributed by atoms with Crippen LogP contribution in [0.2, 0.25) is 0 Å². The number of nitrogen functional groups attached to an aromatic ring is 1. The molecule has 6 heteroatoms. The number of hydrogen-bond acceptors (Lipinski definition) is 5. The third-order valence-electron chi connectivity index (χ3n) is 7.07. The predicted molar refractivity (Wildman–Crippen MR) is 126 cm³/mol. The predicted octanol–water partition coefficient (Wildman–Crippen LogP) is 3.37. The molecule has 0 unspecified atom stereocenters. The number of nitrogens with two attached hydrogens (primary N) is 1. The number of anilines is 2. The van der Waals surface area contributed by atoms with Gasteiger partial charge in [-0.25, -0.2) is 4.98 Å². The molecule has 3 aliphatic heterocycles. The molecule has 2 saturated heterocycles. The molecule has 3 N–H and O–H groups in total. The van der Waals surface area contributed by atoms with E-state index in [1.165, 1.54) is 5.69 Å². The van der Waals surface area contributed by atoms with E-state index in [2.05, 4.69) is 51.6 Å². The number of nitrogens with one attached hydrogen (secondary N) is 1. The van der Waals surface area contributed by atoms with Crippen LogP contribution < -0.4 is 16.0 Å². The highest BCUT2D eigenvalue weighted by Gasteiger charge is 2.37. The zero-order valence-electron chi connectivity index (χ0n) is 17.9. The highest BCUT2D eigenvalue weighted by molar-refractivity contribution is 5.97. The van der Waals surface area contributed by atoms with Gasteiger partial charge in [-0.05, 0) is 47.4 Å². The Bertz CT molecular complexity index is 1180. The minimum atomic E-state index is -0.00750. The topological polar surface area (TPSA) is 80.5 Å². The van der Waals surface area contributed by atoms with Gasteiger partial charge in [0.15, 0.2) is 0 Å². The van der Waals surface area contributed by atoms with Crippen LogP contribution in [0.4, 0.5) is 11.5 Å². The van der Waals surface area contributed by atoms with Gasteiger partial charge < -0.3 is 20.7 Å². The summed E-state index contributed by atoms with van der Waals surface area (Å²) in [7, 11) is 0. The van der Waals surface area contributed by atoms with E-state index in [1.54, 1.807) is 0 Å². The number of aromatic nitrogens is 1. The molecule has 1 amide bonds. The maximum absolute atomic E-state index is 12.1. The number of pyridine rings is 1. The van der Waals surface area contributed by atoms with Gasteiger partial charge in [-0.15, -0.1) is 0 Å². The maximum atomic E-state index is 12.1. The molecule has 6 nitrogen and oxygen atoms in total. The molecule has 32 heavy (non-hydrogen) atoms. The molecule has 1 aromatic heterocycles. The summed E-state index contributed by atoms with van der Waals surface area (Å²) in [6.45, 7) is 4.61. The summed E-state index contributed by atoms with van der Waals surface area (Å²) in [5.41, 5.74) is 13.3. The van der Waals surface area contributed by atoms with Gasteiger partial charge >= 0.3 is 0 Å². The van der Waals surface area contributed by atoms with Gasteiger partial charge in [0.05, 0.1) is 13.2 Å². The first kappa shape index (κ1) is 19.3. The zero-order valence-corrected chi connectivity index (χ0v) is 17.9. The number of rotatable bonds is 3. The maximum Gasteiger partial charge on any atom is 0.251 e. The lowest BCUT2D eigenvalue weighted by Gasteiger charge is -2.20. The van der Waals surface area contributed by atoms with E-state index >= 15 is 0 Å². The van der Waals surface area contributed by atoms with Crippen molar-refractivity contribution in [1.29, 1.82) is 0 Å². The van der Waals surface area contributed by atoms with E-state index in [1.807, 2.05) is 18.3 Å². The van der Waals surface area contributed by atoms with Gasteiger partial charge in [0.25, 0.3) is 5.91 Å². The SMILES string of the molecule is Nc1ncc(-c2ccc(N3C[C@H]4COC[C@H]4C3)cc2)cc1-c1ccc2c(c1)CCNC2=O. The van der Waals surface area contributed by atoms with Crippen molar-refractivity contribution in [2.24, 2.45) is 11.8 Å². The van der Waals surface area contributed by atoms with Gasteiger partial charge in [0.1, 0.15) is 5.82 Å². The summed E-state index contributed by atoms with van der Waals surface area (Å²) in [5, 5.41) is 2.89. The lowest BCUT2D eigenvalue weighted by atomic mass is 9.94. The Hall–Kier alpha value is -3.38. The highest BCUT2D eigenvalue weighted by atomic mass is 16.5. The van der Waals surface area contributed by atoms with Crippen LogP contribution in [-0.2, 0) is 11.2 Å². The molecule has 0 spiro atoms. The van der Waals surface area contributed by atoms with Crippen LogP contribution in [0.25, 0.3) is 22.3 Å². The van der Waals surface area contributed by atoms with E-state index in [0.29, 0.717) is 24.2 Å². The second-order valence-electron chi connectivity index (χ2n) is 9.04. The molecule has 4 heterocycles. The number of fused-ring (bicyclic) bond motifs is 2. The molecule has 0 saturated carbocycles. The van der Waals surface area contributed by atoms with E-state index < -0.39 is 0 Å². The van der Waals surface area contributed by atoms with Crippen molar-refractivity contribution in [2.45, 2.75) is 6.42 Å². The molecule has 2 fully saturated rings. The van der Waals surface area contributed by atoms with Crippen molar-refractivity contribution in [3.8, 4) is 22.3 Å². The zero-order chi connectivity index (χ0) is 21.7. The summed E-state index contributed by atoms with van der Waals surface area (Å²) in [4.78, 5) is 19.0. The number of carbonyl (C=O) groups is 1. The normalized spacial score (nSPS) is 21.9. The lowest BCUT2D eigenvalue weighted by Crippen LogP contribution is -2.31. The van der Waals surface area contributed by atoms with Crippen LogP contribution in [-0.4, -0.2) is 43.7 Å². The van der Waals surface area contributed by atoms with Gasteiger partial charge in [-0.2, -0.15) is 0 Å². The molecule has 162 valence electrons. The Morgan fingerprint density at radius 1 is 0.938 bits per heavy atom. The van der Waals surface area contributed by atoms with Crippen molar-refractivity contribution >= 4 is 17.4 Å².